The topological polar surface area (TPSA) is 83.2 Å². The van der Waals surface area contributed by atoms with E-state index < -0.39 is 0 Å². The van der Waals surface area contributed by atoms with Gasteiger partial charge in [-0.1, -0.05) is 11.3 Å². The zero-order valence-electron chi connectivity index (χ0n) is 9.49. The van der Waals surface area contributed by atoms with E-state index in [0.29, 0.717) is 19.8 Å². The molecular formula is C10H15N3O3S. The van der Waals surface area contributed by atoms with Crippen LogP contribution in [0.3, 0.4) is 0 Å². The van der Waals surface area contributed by atoms with Gasteiger partial charge in [-0.2, -0.15) is 0 Å². The number of likely N-dealkylation sites (N-methyl/N-ethyl adjacent to an activating group) is 1. The number of aromatic amines is 1. The van der Waals surface area contributed by atoms with Crippen LogP contribution in [0.1, 0.15) is 5.69 Å². The molecule has 2 heterocycles. The Morgan fingerprint density at radius 3 is 3.12 bits per heavy atom. The molecule has 1 aliphatic heterocycles. The second-order valence-corrected chi connectivity index (χ2v) is 4.77. The molecule has 1 aliphatic rings. The SMILES string of the molecule is CNC1COCC1C(=O)NCc1csc(=O)[nH]1. The largest absolute Gasteiger partial charge is 0.379 e. The number of carbonyl (C=O) groups is 1. The van der Waals surface area contributed by atoms with Crippen LogP contribution in [0.15, 0.2) is 10.2 Å². The summed E-state index contributed by atoms with van der Waals surface area (Å²) in [5.74, 6) is -0.209. The Morgan fingerprint density at radius 2 is 2.47 bits per heavy atom. The van der Waals surface area contributed by atoms with Crippen LogP contribution in [0.4, 0.5) is 0 Å². The molecule has 2 atom stereocenters. The number of nitrogens with one attached hydrogen (secondary N) is 3. The molecule has 6 nitrogen and oxygen atoms in total. The number of hydrogen-bond donors (Lipinski definition) is 3. The highest BCUT2D eigenvalue weighted by molar-refractivity contribution is 7.07. The second-order valence-electron chi connectivity index (χ2n) is 3.93. The third-order valence-corrected chi connectivity index (χ3v) is 3.53. The first-order chi connectivity index (χ1) is 8.20. The predicted octanol–water partition coefficient (Wildman–Crippen LogP) is -0.713. The van der Waals surface area contributed by atoms with Crippen LogP contribution >= 0.6 is 11.3 Å². The van der Waals surface area contributed by atoms with E-state index in [9.17, 15) is 9.59 Å². The van der Waals surface area contributed by atoms with Gasteiger partial charge >= 0.3 is 4.87 Å². The first-order valence-corrected chi connectivity index (χ1v) is 6.28. The van der Waals surface area contributed by atoms with E-state index in [1.165, 1.54) is 0 Å². The lowest BCUT2D eigenvalue weighted by atomic mass is 10.0. The smallest absolute Gasteiger partial charge is 0.304 e. The van der Waals surface area contributed by atoms with Gasteiger partial charge in [0.1, 0.15) is 0 Å². The molecule has 0 radical (unpaired) electrons. The number of carbonyl (C=O) groups excluding carboxylic acids is 1. The molecule has 17 heavy (non-hydrogen) atoms. The highest BCUT2D eigenvalue weighted by atomic mass is 32.1. The minimum Gasteiger partial charge on any atom is -0.379 e. The summed E-state index contributed by atoms with van der Waals surface area (Å²) < 4.78 is 5.26. The van der Waals surface area contributed by atoms with Gasteiger partial charge in [0.05, 0.1) is 25.7 Å². The molecule has 0 saturated carbocycles. The molecule has 0 aliphatic carbocycles. The highest BCUT2D eigenvalue weighted by Gasteiger charge is 2.32. The highest BCUT2D eigenvalue weighted by Crippen LogP contribution is 2.13. The molecule has 1 aromatic rings. The van der Waals surface area contributed by atoms with E-state index in [1.54, 1.807) is 5.38 Å². The number of ether oxygens (including phenoxy) is 1. The number of hydrogen-bond acceptors (Lipinski definition) is 5. The second kappa shape index (κ2) is 5.44. The molecule has 7 heteroatoms. The molecule has 1 amide bonds. The third-order valence-electron chi connectivity index (χ3n) is 2.81. The fraction of sp³-hybridized carbons (Fsp3) is 0.600. The lowest BCUT2D eigenvalue weighted by Gasteiger charge is -2.15. The minimum atomic E-state index is -0.162. The van der Waals surface area contributed by atoms with E-state index in [4.69, 9.17) is 4.74 Å². The van der Waals surface area contributed by atoms with E-state index in [0.717, 1.165) is 17.0 Å². The minimum absolute atomic E-state index is 0.0473. The maximum absolute atomic E-state index is 11.9. The van der Waals surface area contributed by atoms with E-state index >= 15 is 0 Å². The molecule has 0 bridgehead atoms. The van der Waals surface area contributed by atoms with Crippen LogP contribution in [0.5, 0.6) is 0 Å². The van der Waals surface area contributed by atoms with Gasteiger partial charge in [0, 0.05) is 17.1 Å². The van der Waals surface area contributed by atoms with Gasteiger partial charge in [0.2, 0.25) is 5.91 Å². The standard InChI is InChI=1S/C10H15N3O3S/c1-11-8-4-16-3-7(8)9(14)12-2-6-5-17-10(15)13-6/h5,7-8,11H,2-4H2,1H3,(H,12,14)(H,13,15). The molecule has 0 spiro atoms. The molecular weight excluding hydrogens is 242 g/mol. The van der Waals surface area contributed by atoms with Crippen molar-refractivity contribution in [2.24, 2.45) is 5.92 Å². The van der Waals surface area contributed by atoms with Gasteiger partial charge in [-0.3, -0.25) is 9.59 Å². The van der Waals surface area contributed by atoms with Gasteiger partial charge < -0.3 is 20.4 Å². The summed E-state index contributed by atoms with van der Waals surface area (Å²) in [5, 5.41) is 7.56. The summed E-state index contributed by atoms with van der Waals surface area (Å²) in [5.41, 5.74) is 0.730. The van der Waals surface area contributed by atoms with Gasteiger partial charge in [0.25, 0.3) is 0 Å². The van der Waals surface area contributed by atoms with E-state index in [1.807, 2.05) is 7.05 Å². The normalized spacial score (nSPS) is 23.8. The Balaban J connectivity index is 1.87. The number of rotatable bonds is 4. The van der Waals surface area contributed by atoms with Crippen LogP contribution in [-0.4, -0.2) is 37.2 Å². The van der Waals surface area contributed by atoms with Crippen molar-refractivity contribution in [3.8, 4) is 0 Å². The lowest BCUT2D eigenvalue weighted by Crippen LogP contribution is -2.42. The Bertz CT molecular complexity index is 442. The van der Waals surface area contributed by atoms with Crippen molar-refractivity contribution in [2.75, 3.05) is 20.3 Å². The maximum Gasteiger partial charge on any atom is 0.304 e. The maximum atomic E-state index is 11.9. The van der Waals surface area contributed by atoms with Crippen LogP contribution < -0.4 is 15.5 Å². The molecule has 3 N–H and O–H groups in total. The first-order valence-electron chi connectivity index (χ1n) is 5.40. The van der Waals surface area contributed by atoms with Crippen LogP contribution in [0.2, 0.25) is 0 Å². The molecule has 2 rings (SSSR count). The van der Waals surface area contributed by atoms with Crippen LogP contribution in [-0.2, 0) is 16.1 Å². The summed E-state index contributed by atoms with van der Waals surface area (Å²) in [6, 6.07) is 0.0662. The fourth-order valence-corrected chi connectivity index (χ4v) is 2.39. The van der Waals surface area contributed by atoms with Crippen LogP contribution in [0.25, 0.3) is 0 Å². The number of thiazole rings is 1. The molecule has 0 aromatic carbocycles. The molecule has 1 fully saturated rings. The Morgan fingerprint density at radius 1 is 1.65 bits per heavy atom. The number of amides is 1. The van der Waals surface area contributed by atoms with Gasteiger partial charge in [-0.15, -0.1) is 0 Å². The van der Waals surface area contributed by atoms with Crippen molar-refractivity contribution in [2.45, 2.75) is 12.6 Å². The quantitative estimate of drug-likeness (QED) is 0.665. The molecule has 2 unspecified atom stereocenters. The predicted molar refractivity (Wildman–Crippen MR) is 63.9 cm³/mol. The van der Waals surface area contributed by atoms with Crippen molar-refractivity contribution in [3.63, 3.8) is 0 Å². The molecule has 1 saturated heterocycles. The zero-order valence-corrected chi connectivity index (χ0v) is 10.3. The van der Waals surface area contributed by atoms with Crippen molar-refractivity contribution in [1.82, 2.24) is 15.6 Å². The van der Waals surface area contributed by atoms with Gasteiger partial charge in [0.15, 0.2) is 0 Å². The lowest BCUT2D eigenvalue weighted by molar-refractivity contribution is -0.125. The number of aromatic nitrogens is 1. The average molecular weight is 257 g/mol. The van der Waals surface area contributed by atoms with Crippen molar-refractivity contribution >= 4 is 17.2 Å². The van der Waals surface area contributed by atoms with Crippen LogP contribution in [0, 0.1) is 5.92 Å². The van der Waals surface area contributed by atoms with Crippen molar-refractivity contribution < 1.29 is 9.53 Å². The zero-order chi connectivity index (χ0) is 12.3. The summed E-state index contributed by atoms with van der Waals surface area (Å²) in [7, 11) is 1.82. The Hall–Kier alpha value is -1.18. The first kappa shape index (κ1) is 12.3. The number of H-pyrrole nitrogens is 1. The van der Waals surface area contributed by atoms with Crippen molar-refractivity contribution in [3.05, 3.63) is 20.7 Å². The average Bonchev–Trinajstić information content (AvgIpc) is 2.94. The molecule has 94 valence electrons. The summed E-state index contributed by atoms with van der Waals surface area (Å²) in [6.45, 7) is 1.35. The van der Waals surface area contributed by atoms with Gasteiger partial charge in [-0.25, -0.2) is 0 Å². The summed E-state index contributed by atoms with van der Waals surface area (Å²) >= 11 is 1.09. The van der Waals surface area contributed by atoms with E-state index in [-0.39, 0.29) is 22.7 Å². The monoisotopic (exact) mass is 257 g/mol. The fourth-order valence-electron chi connectivity index (χ4n) is 1.81. The third kappa shape index (κ3) is 2.93. The summed E-state index contributed by atoms with van der Waals surface area (Å²) in [4.78, 5) is 25.3. The van der Waals surface area contributed by atoms with Crippen molar-refractivity contribution in [1.29, 1.82) is 0 Å². The Labute approximate surface area is 102 Å². The van der Waals surface area contributed by atoms with E-state index in [2.05, 4.69) is 15.6 Å². The summed E-state index contributed by atoms with van der Waals surface area (Å²) in [6.07, 6.45) is 0. The van der Waals surface area contributed by atoms with Gasteiger partial charge in [-0.05, 0) is 7.05 Å². The molecule has 1 aromatic heterocycles. The Kier molecular flexibility index (Phi) is 3.93.